The van der Waals surface area contributed by atoms with Crippen LogP contribution in [0, 0.1) is 5.92 Å². The fourth-order valence-corrected chi connectivity index (χ4v) is 3.14. The molecule has 1 aromatic heterocycles. The molecule has 1 aromatic rings. The summed E-state index contributed by atoms with van der Waals surface area (Å²) in [4.78, 5) is 4.60. The molecule has 1 fully saturated rings. The van der Waals surface area contributed by atoms with Crippen LogP contribution in [0.25, 0.3) is 0 Å². The molecule has 1 unspecified atom stereocenters. The van der Waals surface area contributed by atoms with Crippen molar-refractivity contribution in [3.8, 4) is 0 Å². The molecule has 1 atom stereocenters. The number of nitrogens with one attached hydrogen (secondary N) is 3. The third-order valence-corrected chi connectivity index (χ3v) is 5.03. The molecule has 1 saturated carbocycles. The number of nitrogens with zero attached hydrogens (tertiary/aromatic N) is 1. The van der Waals surface area contributed by atoms with E-state index in [1.807, 2.05) is 7.05 Å². The van der Waals surface area contributed by atoms with Crippen LogP contribution >= 0.6 is 23.6 Å². The second-order valence-electron chi connectivity index (χ2n) is 6.11. The predicted octanol–water partition coefficient (Wildman–Crippen LogP) is 2.07. The SMILES string of the molecule is CNC(C)Cc1nc(COCCCNC(=S)NCC2CC2)cs1. The monoisotopic (exact) mass is 356 g/mol. The molecule has 0 aliphatic heterocycles. The molecule has 0 bridgehead atoms. The largest absolute Gasteiger partial charge is 0.375 e. The van der Waals surface area contributed by atoms with Crippen molar-refractivity contribution in [1.29, 1.82) is 0 Å². The van der Waals surface area contributed by atoms with E-state index in [1.54, 1.807) is 11.3 Å². The van der Waals surface area contributed by atoms with Gasteiger partial charge in [0.2, 0.25) is 0 Å². The molecular formula is C16H28N4OS2. The molecule has 5 nitrogen and oxygen atoms in total. The molecule has 2 rings (SSSR count). The molecule has 1 aliphatic rings. The fourth-order valence-electron chi connectivity index (χ4n) is 2.05. The van der Waals surface area contributed by atoms with Gasteiger partial charge in [-0.2, -0.15) is 0 Å². The second kappa shape index (κ2) is 10.2. The lowest BCUT2D eigenvalue weighted by Gasteiger charge is -2.09. The molecule has 1 heterocycles. The van der Waals surface area contributed by atoms with Crippen molar-refractivity contribution in [2.75, 3.05) is 26.7 Å². The first-order chi connectivity index (χ1) is 11.2. The fraction of sp³-hybridized carbons (Fsp3) is 0.750. The van der Waals surface area contributed by atoms with Gasteiger partial charge in [0, 0.05) is 37.5 Å². The van der Waals surface area contributed by atoms with Crippen molar-refractivity contribution < 1.29 is 4.74 Å². The van der Waals surface area contributed by atoms with Crippen molar-refractivity contribution in [2.45, 2.75) is 45.3 Å². The molecule has 130 valence electrons. The molecule has 0 saturated heterocycles. The van der Waals surface area contributed by atoms with Crippen molar-refractivity contribution in [1.82, 2.24) is 20.9 Å². The van der Waals surface area contributed by atoms with Crippen molar-refractivity contribution in [2.24, 2.45) is 5.92 Å². The Morgan fingerprint density at radius 3 is 3.04 bits per heavy atom. The quantitative estimate of drug-likeness (QED) is 0.417. The Kier molecular flexibility index (Phi) is 8.22. The number of hydrogen-bond donors (Lipinski definition) is 3. The summed E-state index contributed by atoms with van der Waals surface area (Å²) in [5, 5.41) is 13.7. The van der Waals surface area contributed by atoms with E-state index < -0.39 is 0 Å². The Morgan fingerprint density at radius 2 is 2.30 bits per heavy atom. The maximum Gasteiger partial charge on any atom is 0.166 e. The van der Waals surface area contributed by atoms with Crippen LogP contribution in [0.1, 0.15) is 36.9 Å². The molecular weight excluding hydrogens is 328 g/mol. The van der Waals surface area contributed by atoms with Gasteiger partial charge in [-0.3, -0.25) is 0 Å². The molecule has 3 N–H and O–H groups in total. The first-order valence-corrected chi connectivity index (χ1v) is 9.66. The van der Waals surface area contributed by atoms with Gasteiger partial charge in [-0.1, -0.05) is 0 Å². The molecule has 7 heteroatoms. The average molecular weight is 357 g/mol. The zero-order valence-electron chi connectivity index (χ0n) is 14.1. The number of ether oxygens (including phenoxy) is 1. The Balaban J connectivity index is 1.47. The molecule has 0 amide bonds. The smallest absolute Gasteiger partial charge is 0.166 e. The molecule has 0 radical (unpaired) electrons. The molecule has 23 heavy (non-hydrogen) atoms. The Hall–Kier alpha value is -0.760. The van der Waals surface area contributed by atoms with E-state index in [0.717, 1.165) is 49.3 Å². The first-order valence-electron chi connectivity index (χ1n) is 8.37. The van der Waals surface area contributed by atoms with Gasteiger partial charge in [0.15, 0.2) is 5.11 Å². The van der Waals surface area contributed by atoms with Crippen LogP contribution < -0.4 is 16.0 Å². The lowest BCUT2D eigenvalue weighted by Crippen LogP contribution is -2.37. The van der Waals surface area contributed by atoms with Gasteiger partial charge in [0.25, 0.3) is 0 Å². The van der Waals surface area contributed by atoms with Crippen LogP contribution in [-0.4, -0.2) is 42.9 Å². The summed E-state index contributed by atoms with van der Waals surface area (Å²) < 4.78 is 5.68. The minimum absolute atomic E-state index is 0.457. The maximum absolute atomic E-state index is 5.68. The summed E-state index contributed by atoms with van der Waals surface area (Å²) in [6, 6.07) is 0.457. The van der Waals surface area contributed by atoms with Gasteiger partial charge in [0.1, 0.15) is 0 Å². The van der Waals surface area contributed by atoms with Gasteiger partial charge in [0.05, 0.1) is 17.3 Å². The third kappa shape index (κ3) is 8.06. The highest BCUT2D eigenvalue weighted by Gasteiger charge is 2.20. The van der Waals surface area contributed by atoms with Crippen molar-refractivity contribution in [3.05, 3.63) is 16.1 Å². The average Bonchev–Trinajstić information content (AvgIpc) is 3.28. The van der Waals surface area contributed by atoms with E-state index in [9.17, 15) is 0 Å². The Labute approximate surface area is 148 Å². The van der Waals surface area contributed by atoms with E-state index in [4.69, 9.17) is 17.0 Å². The summed E-state index contributed by atoms with van der Waals surface area (Å²) in [5.74, 6) is 0.845. The number of thiazole rings is 1. The minimum atomic E-state index is 0.457. The summed E-state index contributed by atoms with van der Waals surface area (Å²) in [6.45, 7) is 5.33. The van der Waals surface area contributed by atoms with Crippen molar-refractivity contribution >= 4 is 28.7 Å². The van der Waals surface area contributed by atoms with Gasteiger partial charge in [-0.25, -0.2) is 4.98 Å². The lowest BCUT2D eigenvalue weighted by atomic mass is 10.2. The number of rotatable bonds is 11. The highest BCUT2D eigenvalue weighted by atomic mass is 32.1. The van der Waals surface area contributed by atoms with Crippen LogP contribution in [0.2, 0.25) is 0 Å². The summed E-state index contributed by atoms with van der Waals surface area (Å²) in [6.07, 6.45) is 4.60. The normalized spacial score (nSPS) is 15.4. The predicted molar refractivity (Wildman–Crippen MR) is 99.9 cm³/mol. The number of hydrogen-bond acceptors (Lipinski definition) is 5. The third-order valence-electron chi connectivity index (χ3n) is 3.82. The zero-order valence-corrected chi connectivity index (χ0v) is 15.7. The van der Waals surface area contributed by atoms with Gasteiger partial charge < -0.3 is 20.7 Å². The molecule has 0 aromatic carbocycles. The summed E-state index contributed by atoms with van der Waals surface area (Å²) in [5.41, 5.74) is 1.03. The van der Waals surface area contributed by atoms with Gasteiger partial charge >= 0.3 is 0 Å². The summed E-state index contributed by atoms with van der Waals surface area (Å²) >= 11 is 6.93. The Bertz CT molecular complexity index is 476. The first kappa shape index (κ1) is 18.6. The zero-order chi connectivity index (χ0) is 16.5. The van der Waals surface area contributed by atoms with Crippen LogP contribution in [0.5, 0.6) is 0 Å². The van der Waals surface area contributed by atoms with Crippen LogP contribution in [0.4, 0.5) is 0 Å². The van der Waals surface area contributed by atoms with E-state index >= 15 is 0 Å². The van der Waals surface area contributed by atoms with Crippen molar-refractivity contribution in [3.63, 3.8) is 0 Å². The number of likely N-dealkylation sites (N-methyl/N-ethyl adjacent to an activating group) is 1. The van der Waals surface area contributed by atoms with E-state index in [2.05, 4.69) is 33.2 Å². The standard InChI is InChI=1S/C16H28N4OS2/c1-12(17-2)8-15-20-14(11-23-15)10-21-7-3-6-18-16(22)19-9-13-4-5-13/h11-13,17H,3-10H2,1-2H3,(H2,18,19,22). The molecule has 0 spiro atoms. The van der Waals surface area contributed by atoms with Crippen LogP contribution in [-0.2, 0) is 17.8 Å². The minimum Gasteiger partial charge on any atom is -0.375 e. The lowest BCUT2D eigenvalue weighted by molar-refractivity contribution is 0.117. The highest BCUT2D eigenvalue weighted by molar-refractivity contribution is 7.80. The molecule has 1 aliphatic carbocycles. The second-order valence-corrected chi connectivity index (χ2v) is 7.46. The number of thiocarbonyl (C=S) groups is 1. The summed E-state index contributed by atoms with van der Waals surface area (Å²) in [7, 11) is 1.98. The van der Waals surface area contributed by atoms with Gasteiger partial charge in [-0.15, -0.1) is 11.3 Å². The Morgan fingerprint density at radius 1 is 1.48 bits per heavy atom. The van der Waals surface area contributed by atoms with Crippen LogP contribution in [0.3, 0.4) is 0 Å². The van der Waals surface area contributed by atoms with Crippen LogP contribution in [0.15, 0.2) is 5.38 Å². The number of aromatic nitrogens is 1. The van der Waals surface area contributed by atoms with E-state index in [0.29, 0.717) is 12.6 Å². The highest BCUT2D eigenvalue weighted by Crippen LogP contribution is 2.27. The van der Waals surface area contributed by atoms with E-state index in [-0.39, 0.29) is 0 Å². The van der Waals surface area contributed by atoms with E-state index in [1.165, 1.54) is 17.8 Å². The maximum atomic E-state index is 5.68. The topological polar surface area (TPSA) is 58.2 Å². The van der Waals surface area contributed by atoms with Gasteiger partial charge in [-0.05, 0) is 51.4 Å².